The van der Waals surface area contributed by atoms with Gasteiger partial charge in [-0.2, -0.15) is 10.4 Å². The molecule has 4 aliphatic rings. The summed E-state index contributed by atoms with van der Waals surface area (Å²) >= 11 is 0. The number of carbonyl (C=O) groups excluding carboxylic acids is 5. The van der Waals surface area contributed by atoms with Crippen LogP contribution >= 0.6 is 0 Å². The first kappa shape index (κ1) is 47.8. The van der Waals surface area contributed by atoms with Crippen molar-refractivity contribution in [3.63, 3.8) is 0 Å². The number of rotatable bonds is 15. The number of pyridine rings is 2. The van der Waals surface area contributed by atoms with Gasteiger partial charge in [-0.1, -0.05) is 12.1 Å². The van der Waals surface area contributed by atoms with Crippen molar-refractivity contribution in [1.29, 1.82) is 5.26 Å². The summed E-state index contributed by atoms with van der Waals surface area (Å²) in [6.45, 7) is 6.45. The lowest BCUT2D eigenvalue weighted by Crippen LogP contribution is -2.61. The number of fused-ring (bicyclic) bond motifs is 2. The number of piperidine rings is 3. The Labute approximate surface area is 404 Å². The van der Waals surface area contributed by atoms with Crippen molar-refractivity contribution < 1.29 is 37.5 Å². The number of nitrogens with one attached hydrogen (secondary N) is 2. The van der Waals surface area contributed by atoms with Gasteiger partial charge in [0.1, 0.15) is 35.3 Å². The second-order valence-electron chi connectivity index (χ2n) is 18.9. The van der Waals surface area contributed by atoms with Crippen molar-refractivity contribution in [2.45, 2.75) is 88.8 Å². The molecule has 70 heavy (non-hydrogen) atoms. The maximum atomic E-state index is 14.9. The van der Waals surface area contributed by atoms with Crippen molar-refractivity contribution in [3.8, 4) is 22.9 Å². The Balaban J connectivity index is 0.783. The summed E-state index contributed by atoms with van der Waals surface area (Å²) in [4.78, 5) is 77.2. The number of hydrogen-bond acceptors (Lipinski definition) is 11. The van der Waals surface area contributed by atoms with E-state index in [1.165, 1.54) is 11.8 Å². The zero-order valence-corrected chi connectivity index (χ0v) is 39.4. The molecule has 5 aromatic rings. The second-order valence-corrected chi connectivity index (χ2v) is 18.9. The molecule has 5 amide bonds. The van der Waals surface area contributed by atoms with Crippen molar-refractivity contribution in [2.75, 3.05) is 57.8 Å². The summed E-state index contributed by atoms with van der Waals surface area (Å²) in [7, 11) is 1.72. The number of unbranched alkanes of at least 4 members (excludes halogenated alkanes) is 1. The molecule has 3 aromatic heterocycles. The summed E-state index contributed by atoms with van der Waals surface area (Å²) in [6.07, 6.45) is 10.1. The molecule has 1 atom stereocenters. The third-order valence-corrected chi connectivity index (χ3v) is 14.4. The number of halogens is 2. The molecule has 0 bridgehead atoms. The molecular formula is C52H56F2N10O6. The molecule has 0 radical (unpaired) electrons. The molecule has 1 unspecified atom stereocenters. The number of carbonyl (C=O) groups is 5. The zero-order chi connectivity index (χ0) is 49.1. The highest BCUT2D eigenvalue weighted by Gasteiger charge is 2.41. The SMILES string of the molecule is CCOc1cc(-c2ccc(N3CCC(CN(C)C(=O)CCCCN4CCC(c5ccc6c(c5)CN(C5CCC(=O)NC5=O)C6=O)CC4)(NC(=O)c4cc(F)ccc4F)CC3)nc2)c2c(C#N)cnn2c1. The highest BCUT2D eigenvalue weighted by atomic mass is 19.1. The normalized spacial score (nSPS) is 18.4. The van der Waals surface area contributed by atoms with Gasteiger partial charge in [0.2, 0.25) is 17.7 Å². The van der Waals surface area contributed by atoms with Gasteiger partial charge in [0, 0.05) is 69.0 Å². The van der Waals surface area contributed by atoms with E-state index < -0.39 is 40.6 Å². The van der Waals surface area contributed by atoms with E-state index in [9.17, 15) is 38.0 Å². The molecule has 0 spiro atoms. The Hall–Kier alpha value is -7.26. The molecule has 3 fully saturated rings. The van der Waals surface area contributed by atoms with Gasteiger partial charge >= 0.3 is 0 Å². The van der Waals surface area contributed by atoms with Crippen LogP contribution in [0.5, 0.6) is 5.75 Å². The van der Waals surface area contributed by atoms with Gasteiger partial charge < -0.3 is 29.7 Å². The molecular weight excluding hydrogens is 899 g/mol. The number of anilines is 1. The van der Waals surface area contributed by atoms with Gasteiger partial charge in [0.25, 0.3) is 11.8 Å². The zero-order valence-electron chi connectivity index (χ0n) is 39.4. The first-order valence-corrected chi connectivity index (χ1v) is 24.1. The summed E-state index contributed by atoms with van der Waals surface area (Å²) in [5.41, 5.74) is 3.94. The third-order valence-electron chi connectivity index (χ3n) is 14.4. The molecule has 9 rings (SSSR count). The lowest BCUT2D eigenvalue weighted by Gasteiger charge is -2.44. The van der Waals surface area contributed by atoms with E-state index >= 15 is 0 Å². The highest BCUT2D eigenvalue weighted by molar-refractivity contribution is 6.05. The van der Waals surface area contributed by atoms with Gasteiger partial charge in [0.15, 0.2) is 0 Å². The smallest absolute Gasteiger partial charge is 0.255 e. The Bertz CT molecular complexity index is 2870. The van der Waals surface area contributed by atoms with Crippen molar-refractivity contribution >= 4 is 40.9 Å². The quantitative estimate of drug-likeness (QED) is 0.0929. The van der Waals surface area contributed by atoms with Crippen LogP contribution in [-0.2, 0) is 20.9 Å². The summed E-state index contributed by atoms with van der Waals surface area (Å²) in [6, 6.07) is 16.0. The Morgan fingerprint density at radius 3 is 2.50 bits per heavy atom. The van der Waals surface area contributed by atoms with E-state index in [1.54, 1.807) is 33.8 Å². The van der Waals surface area contributed by atoms with Gasteiger partial charge in [0.05, 0.1) is 41.2 Å². The number of ether oxygens (including phenoxy) is 1. The number of nitriles is 1. The average Bonchev–Trinajstić information content (AvgIpc) is 3.93. The largest absolute Gasteiger partial charge is 0.492 e. The van der Waals surface area contributed by atoms with E-state index in [2.05, 4.69) is 37.7 Å². The van der Waals surface area contributed by atoms with Crippen LogP contribution in [0.4, 0.5) is 14.6 Å². The number of aromatic nitrogens is 3. The lowest BCUT2D eigenvalue weighted by atomic mass is 9.86. The van der Waals surface area contributed by atoms with Crippen LogP contribution in [0, 0.1) is 23.0 Å². The molecule has 2 aromatic carbocycles. The lowest BCUT2D eigenvalue weighted by molar-refractivity contribution is -0.137. The molecule has 2 N–H and O–H groups in total. The topological polar surface area (TPSA) is 186 Å². The minimum atomic E-state index is -0.941. The number of amides is 5. The van der Waals surface area contributed by atoms with Crippen LogP contribution in [0.1, 0.15) is 108 Å². The molecule has 364 valence electrons. The average molecular weight is 955 g/mol. The Kier molecular flexibility index (Phi) is 13.9. The summed E-state index contributed by atoms with van der Waals surface area (Å²) in [5.74, 6) is -1.66. The van der Waals surface area contributed by atoms with Crippen LogP contribution in [0.3, 0.4) is 0 Å². The predicted molar refractivity (Wildman–Crippen MR) is 255 cm³/mol. The fraction of sp³-hybridized carbons (Fsp3) is 0.423. The highest BCUT2D eigenvalue weighted by Crippen LogP contribution is 2.35. The molecule has 18 heteroatoms. The van der Waals surface area contributed by atoms with Crippen molar-refractivity contribution in [2.24, 2.45) is 0 Å². The van der Waals surface area contributed by atoms with Gasteiger partial charge in [-0.15, -0.1) is 0 Å². The monoisotopic (exact) mass is 954 g/mol. The number of likely N-dealkylation sites (tertiary alicyclic amines) is 1. The summed E-state index contributed by atoms with van der Waals surface area (Å²) < 4.78 is 36.5. The molecule has 16 nitrogen and oxygen atoms in total. The maximum absolute atomic E-state index is 14.9. The van der Waals surface area contributed by atoms with Crippen LogP contribution in [0.2, 0.25) is 0 Å². The molecule has 3 saturated heterocycles. The van der Waals surface area contributed by atoms with E-state index in [0.717, 1.165) is 73.8 Å². The number of likely N-dealkylation sites (N-methyl/N-ethyl adjacent to an activating group) is 1. The van der Waals surface area contributed by atoms with Crippen LogP contribution < -0.4 is 20.3 Å². The van der Waals surface area contributed by atoms with E-state index in [4.69, 9.17) is 9.72 Å². The molecule has 0 aliphatic carbocycles. The van der Waals surface area contributed by atoms with E-state index in [-0.39, 0.29) is 30.7 Å². The van der Waals surface area contributed by atoms with Crippen molar-refractivity contribution in [1.82, 2.24) is 39.9 Å². The first-order valence-electron chi connectivity index (χ1n) is 24.1. The number of hydrogen-bond donors (Lipinski definition) is 2. The maximum Gasteiger partial charge on any atom is 0.255 e. The predicted octanol–water partition coefficient (Wildman–Crippen LogP) is 5.98. The minimum Gasteiger partial charge on any atom is -0.492 e. The molecule has 0 saturated carbocycles. The number of benzene rings is 2. The first-order chi connectivity index (χ1) is 33.8. The van der Waals surface area contributed by atoms with Crippen LogP contribution in [0.25, 0.3) is 16.6 Å². The fourth-order valence-electron chi connectivity index (χ4n) is 10.5. The number of imide groups is 1. The van der Waals surface area contributed by atoms with Gasteiger partial charge in [-0.05, 0) is 131 Å². The second kappa shape index (κ2) is 20.4. The fourth-order valence-corrected chi connectivity index (χ4v) is 10.5. The van der Waals surface area contributed by atoms with Crippen LogP contribution in [-0.4, -0.2) is 123 Å². The summed E-state index contributed by atoms with van der Waals surface area (Å²) in [5, 5.41) is 19.5. The van der Waals surface area contributed by atoms with Crippen LogP contribution in [0.15, 0.2) is 73.2 Å². The molecule has 7 heterocycles. The van der Waals surface area contributed by atoms with Gasteiger partial charge in [-0.25, -0.2) is 18.3 Å². The number of nitrogens with zero attached hydrogens (tertiary/aromatic N) is 8. The van der Waals surface area contributed by atoms with E-state index in [1.807, 2.05) is 37.3 Å². The third kappa shape index (κ3) is 10.1. The van der Waals surface area contributed by atoms with Crippen molar-refractivity contribution in [3.05, 3.63) is 113 Å². The Morgan fingerprint density at radius 1 is 0.971 bits per heavy atom. The molecule has 4 aliphatic heterocycles. The standard InChI is InChI=1S/C52H56F2N10O6/c1-3-70-39-26-41(48-37(27-55)29-57-64(48)31-39)35-8-13-45(56-28-35)62-22-17-52(18-23-62,59-49(67)42-25-38(53)9-11-43(42)54)32-60(2)47(66)6-4-5-19-61-20-15-33(16-21-61)34-7-10-40-36(24-34)30-63(51(40)69)44-12-14-46(65)58-50(44)68/h7-11,13,24-26,28-29,31,33,44H,3-6,12,14-23,30,32H2,1-2H3,(H,59,67)(H,58,65,68). The minimum absolute atomic E-state index is 0.0736. The van der Waals surface area contributed by atoms with Gasteiger partial charge in [-0.3, -0.25) is 29.3 Å². The Morgan fingerprint density at radius 2 is 1.77 bits per heavy atom. The van der Waals surface area contributed by atoms with E-state index in [0.29, 0.717) is 92.5 Å².